The molecule has 0 fully saturated rings. The number of ketones is 1. The molecular formula is C15H12O4. The third-order valence-electron chi connectivity index (χ3n) is 3.10. The van der Waals surface area contributed by atoms with Gasteiger partial charge in [-0.05, 0) is 31.5 Å². The van der Waals surface area contributed by atoms with Gasteiger partial charge in [-0.2, -0.15) is 0 Å². The van der Waals surface area contributed by atoms with E-state index < -0.39 is 0 Å². The average molecular weight is 256 g/mol. The molecule has 0 N–H and O–H groups in total. The van der Waals surface area contributed by atoms with E-state index in [0.29, 0.717) is 22.3 Å². The van der Waals surface area contributed by atoms with Gasteiger partial charge in [0.25, 0.3) is 0 Å². The summed E-state index contributed by atoms with van der Waals surface area (Å²) >= 11 is 0. The number of Topliss-reactive ketones (excluding diaryl/α,β-unsaturated/α-hetero) is 1. The Labute approximate surface area is 108 Å². The second-order valence-electron chi connectivity index (χ2n) is 4.69. The van der Waals surface area contributed by atoms with Crippen molar-refractivity contribution in [1.82, 2.24) is 0 Å². The molecular weight excluding hydrogens is 244 g/mol. The van der Waals surface area contributed by atoms with Crippen LogP contribution in [0, 0.1) is 6.92 Å². The molecule has 96 valence electrons. The lowest BCUT2D eigenvalue weighted by Crippen LogP contribution is -2.06. The molecule has 0 spiro atoms. The number of benzene rings is 1. The van der Waals surface area contributed by atoms with Gasteiger partial charge in [0, 0.05) is 6.07 Å². The van der Waals surface area contributed by atoms with Crippen molar-refractivity contribution in [2.75, 3.05) is 0 Å². The SMILES string of the molecule is CC(=O)Cc1cc(=O)c2c(C)cc3occc3c2o1. The molecule has 19 heavy (non-hydrogen) atoms. The summed E-state index contributed by atoms with van der Waals surface area (Å²) < 4.78 is 11.1. The maximum Gasteiger partial charge on any atom is 0.193 e. The fraction of sp³-hybridized carbons (Fsp3) is 0.200. The van der Waals surface area contributed by atoms with E-state index in [1.807, 2.05) is 13.0 Å². The highest BCUT2D eigenvalue weighted by Gasteiger charge is 2.13. The van der Waals surface area contributed by atoms with E-state index in [1.54, 1.807) is 12.3 Å². The minimum absolute atomic E-state index is 0.0430. The first-order chi connectivity index (χ1) is 9.06. The van der Waals surface area contributed by atoms with Crippen LogP contribution in [0.4, 0.5) is 0 Å². The topological polar surface area (TPSA) is 60.4 Å². The van der Waals surface area contributed by atoms with Crippen LogP contribution >= 0.6 is 0 Å². The van der Waals surface area contributed by atoms with Gasteiger partial charge in [0.05, 0.1) is 23.5 Å². The van der Waals surface area contributed by atoms with Gasteiger partial charge >= 0.3 is 0 Å². The lowest BCUT2D eigenvalue weighted by Gasteiger charge is -2.04. The summed E-state index contributed by atoms with van der Waals surface area (Å²) in [6, 6.07) is 4.97. The van der Waals surface area contributed by atoms with Gasteiger partial charge in [-0.15, -0.1) is 0 Å². The van der Waals surface area contributed by atoms with Gasteiger partial charge in [-0.3, -0.25) is 9.59 Å². The van der Waals surface area contributed by atoms with Gasteiger partial charge in [-0.25, -0.2) is 0 Å². The molecule has 0 aliphatic heterocycles. The smallest absolute Gasteiger partial charge is 0.193 e. The number of carbonyl (C=O) groups excluding carboxylic acids is 1. The third kappa shape index (κ3) is 1.85. The zero-order valence-corrected chi connectivity index (χ0v) is 10.6. The van der Waals surface area contributed by atoms with Gasteiger partial charge in [0.15, 0.2) is 5.43 Å². The van der Waals surface area contributed by atoms with E-state index in [-0.39, 0.29) is 17.6 Å². The standard InChI is InChI=1S/C15H12O4/c1-8-5-13-11(3-4-18-13)15-14(8)12(17)7-10(19-15)6-9(2)16/h3-5,7H,6H2,1-2H3. The van der Waals surface area contributed by atoms with Gasteiger partial charge in [0.1, 0.15) is 22.7 Å². The highest BCUT2D eigenvalue weighted by molar-refractivity contribution is 6.03. The Morgan fingerprint density at radius 1 is 1.32 bits per heavy atom. The van der Waals surface area contributed by atoms with Gasteiger partial charge in [0.2, 0.25) is 0 Å². The van der Waals surface area contributed by atoms with Crippen molar-refractivity contribution in [2.24, 2.45) is 0 Å². The first kappa shape index (κ1) is 11.7. The highest BCUT2D eigenvalue weighted by atomic mass is 16.3. The van der Waals surface area contributed by atoms with E-state index in [2.05, 4.69) is 0 Å². The Bertz CT molecular complexity index is 852. The summed E-state index contributed by atoms with van der Waals surface area (Å²) in [4.78, 5) is 23.3. The molecule has 0 aliphatic carbocycles. The number of rotatable bonds is 2. The minimum atomic E-state index is -0.127. The van der Waals surface area contributed by atoms with Crippen LogP contribution in [-0.2, 0) is 11.2 Å². The lowest BCUT2D eigenvalue weighted by molar-refractivity contribution is -0.116. The molecule has 0 atom stereocenters. The second-order valence-corrected chi connectivity index (χ2v) is 4.69. The van der Waals surface area contributed by atoms with Crippen molar-refractivity contribution >= 4 is 27.7 Å². The minimum Gasteiger partial charge on any atom is -0.464 e. The molecule has 0 radical (unpaired) electrons. The Balaban J connectivity index is 2.44. The lowest BCUT2D eigenvalue weighted by atomic mass is 10.1. The van der Waals surface area contributed by atoms with Crippen LogP contribution in [0.3, 0.4) is 0 Å². The Morgan fingerprint density at radius 2 is 2.11 bits per heavy atom. The van der Waals surface area contributed by atoms with Crippen molar-refractivity contribution in [3.8, 4) is 0 Å². The van der Waals surface area contributed by atoms with Gasteiger partial charge in [-0.1, -0.05) is 0 Å². The quantitative estimate of drug-likeness (QED) is 0.707. The fourth-order valence-electron chi connectivity index (χ4n) is 2.33. The van der Waals surface area contributed by atoms with Crippen LogP contribution in [0.2, 0.25) is 0 Å². The summed E-state index contributed by atoms with van der Waals surface area (Å²) in [5.74, 6) is 0.344. The molecule has 0 amide bonds. The van der Waals surface area contributed by atoms with Crippen LogP contribution in [-0.4, -0.2) is 5.78 Å². The summed E-state index contributed by atoms with van der Waals surface area (Å²) in [7, 11) is 0. The van der Waals surface area contributed by atoms with Crippen molar-refractivity contribution in [3.63, 3.8) is 0 Å². The molecule has 3 aromatic rings. The van der Waals surface area contributed by atoms with Crippen LogP contribution in [0.15, 0.2) is 38.1 Å². The summed E-state index contributed by atoms with van der Waals surface area (Å²) in [6.07, 6.45) is 1.68. The molecule has 3 rings (SSSR count). The molecule has 4 heteroatoms. The maximum atomic E-state index is 12.2. The Morgan fingerprint density at radius 3 is 2.84 bits per heavy atom. The van der Waals surface area contributed by atoms with E-state index in [0.717, 1.165) is 10.9 Å². The molecule has 0 unspecified atom stereocenters. The van der Waals surface area contributed by atoms with Crippen molar-refractivity contribution in [2.45, 2.75) is 20.3 Å². The van der Waals surface area contributed by atoms with Crippen LogP contribution in [0.1, 0.15) is 18.2 Å². The van der Waals surface area contributed by atoms with Gasteiger partial charge < -0.3 is 8.83 Å². The molecule has 0 saturated carbocycles. The number of aryl methyl sites for hydroxylation is 1. The first-order valence-corrected chi connectivity index (χ1v) is 5.99. The molecule has 2 heterocycles. The predicted molar refractivity (Wildman–Crippen MR) is 71.4 cm³/mol. The number of carbonyl (C=O) groups is 1. The molecule has 1 aromatic carbocycles. The van der Waals surface area contributed by atoms with Crippen molar-refractivity contribution in [3.05, 3.63) is 46.0 Å². The van der Waals surface area contributed by atoms with E-state index in [1.165, 1.54) is 13.0 Å². The summed E-state index contributed by atoms with van der Waals surface area (Å²) in [5.41, 5.74) is 1.85. The van der Waals surface area contributed by atoms with E-state index in [9.17, 15) is 9.59 Å². The van der Waals surface area contributed by atoms with Crippen molar-refractivity contribution < 1.29 is 13.6 Å². The van der Waals surface area contributed by atoms with Crippen LogP contribution in [0.25, 0.3) is 21.9 Å². The largest absolute Gasteiger partial charge is 0.464 e. The van der Waals surface area contributed by atoms with Crippen molar-refractivity contribution in [1.29, 1.82) is 0 Å². The maximum absolute atomic E-state index is 12.2. The number of hydrogen-bond donors (Lipinski definition) is 0. The fourth-order valence-corrected chi connectivity index (χ4v) is 2.33. The third-order valence-corrected chi connectivity index (χ3v) is 3.10. The van der Waals surface area contributed by atoms with Crippen LogP contribution in [0.5, 0.6) is 0 Å². The zero-order chi connectivity index (χ0) is 13.6. The summed E-state index contributed by atoms with van der Waals surface area (Å²) in [6.45, 7) is 3.31. The van der Waals surface area contributed by atoms with Crippen LogP contribution < -0.4 is 5.43 Å². The normalized spacial score (nSPS) is 11.3. The summed E-state index contributed by atoms with van der Waals surface area (Å²) in [5, 5.41) is 1.30. The Kier molecular flexibility index (Phi) is 2.52. The molecule has 4 nitrogen and oxygen atoms in total. The molecule has 0 saturated heterocycles. The zero-order valence-electron chi connectivity index (χ0n) is 10.6. The molecule has 0 aliphatic rings. The molecule has 2 aromatic heterocycles. The second kappa shape index (κ2) is 4.09. The number of fused-ring (bicyclic) bond motifs is 3. The Hall–Kier alpha value is -2.36. The van der Waals surface area contributed by atoms with E-state index >= 15 is 0 Å². The predicted octanol–water partition coefficient (Wildman–Crippen LogP) is 2.98. The number of hydrogen-bond acceptors (Lipinski definition) is 4. The first-order valence-electron chi connectivity index (χ1n) is 5.99. The monoisotopic (exact) mass is 256 g/mol. The highest BCUT2D eigenvalue weighted by Crippen LogP contribution is 2.28. The average Bonchev–Trinajstić information content (AvgIpc) is 2.75. The van der Waals surface area contributed by atoms with E-state index in [4.69, 9.17) is 8.83 Å². The molecule has 0 bridgehead atoms. The number of furan rings is 1.